The van der Waals surface area contributed by atoms with Gasteiger partial charge in [0, 0.05) is 25.2 Å². The Morgan fingerprint density at radius 2 is 1.52 bits per heavy atom. The van der Waals surface area contributed by atoms with Crippen molar-refractivity contribution in [2.75, 3.05) is 20.3 Å². The van der Waals surface area contributed by atoms with E-state index in [1.54, 1.807) is 26.0 Å². The minimum atomic E-state index is -1.63. The summed E-state index contributed by atoms with van der Waals surface area (Å²) in [7, 11) is 1.52. The third-order valence-electron chi connectivity index (χ3n) is 16.1. The number of hydrogen-bond donors (Lipinski definition) is 4. The van der Waals surface area contributed by atoms with Crippen LogP contribution in [0.2, 0.25) is 0 Å². The maximum absolute atomic E-state index is 14.1. The van der Waals surface area contributed by atoms with Crippen LogP contribution in [0, 0.1) is 60.2 Å². The van der Waals surface area contributed by atoms with Crippen LogP contribution in [-0.2, 0) is 38.0 Å². The van der Waals surface area contributed by atoms with E-state index in [0.29, 0.717) is 47.5 Å². The number of benzene rings is 1. The standard InChI is InChI=1S/C49H72O14/c1-24(2)10-13-35(52)27(5)40-38(21-34-32-12-11-29-20-30(51)14-16-48(29,7)33(32)15-17-49(34,40)8)61-47-44(60-28(6)50)42(37(54)23-59-47)63-46-43(41(55)36(53)22-58-46)62-45(56)39-25(3)18-31(57-9)19-26(39)4/h11,18-19,24,27,30,32-34,36-38,40-44,46-47,51,53-55H,10,12-17,20-23H2,1-9H3/t27-,30+,32-,33+,34+,36-,37+,38+,40+,41+,42+,43-,44-,46+,47?,48+,49+/m1/s1. The monoisotopic (exact) mass is 884 g/mol. The summed E-state index contributed by atoms with van der Waals surface area (Å²) in [5, 5.41) is 44.0. The van der Waals surface area contributed by atoms with Gasteiger partial charge in [0.15, 0.2) is 24.8 Å². The first kappa shape index (κ1) is 48.0. The number of carbonyl (C=O) groups excluding carboxylic acids is 3. The maximum Gasteiger partial charge on any atom is 0.339 e. The molecule has 352 valence electrons. The molecule has 0 bridgehead atoms. The molecule has 14 heteroatoms. The summed E-state index contributed by atoms with van der Waals surface area (Å²) < 4.78 is 42.6. The summed E-state index contributed by atoms with van der Waals surface area (Å²) in [5.74, 6) is 0.120. The predicted molar refractivity (Wildman–Crippen MR) is 229 cm³/mol. The van der Waals surface area contributed by atoms with E-state index in [-0.39, 0.29) is 59.2 Å². The van der Waals surface area contributed by atoms with Crippen molar-refractivity contribution in [3.05, 3.63) is 40.5 Å². The number of rotatable bonds is 13. The Kier molecular flexibility index (Phi) is 14.6. The summed E-state index contributed by atoms with van der Waals surface area (Å²) in [6, 6.07) is 3.36. The first-order valence-corrected chi connectivity index (χ1v) is 23.3. The van der Waals surface area contributed by atoms with Crippen molar-refractivity contribution < 1.29 is 68.0 Å². The van der Waals surface area contributed by atoms with Crippen molar-refractivity contribution >= 4 is 17.7 Å². The molecule has 6 aliphatic rings. The van der Waals surface area contributed by atoms with E-state index in [1.807, 2.05) is 6.92 Å². The minimum Gasteiger partial charge on any atom is -0.497 e. The highest BCUT2D eigenvalue weighted by atomic mass is 16.7. The van der Waals surface area contributed by atoms with Gasteiger partial charge < -0.3 is 53.6 Å². The van der Waals surface area contributed by atoms with E-state index in [9.17, 15) is 34.8 Å². The van der Waals surface area contributed by atoms with Crippen LogP contribution in [-0.4, -0.2) is 120 Å². The number of aliphatic hydroxyl groups is 4. The molecule has 1 unspecified atom stereocenters. The molecule has 2 aliphatic heterocycles. The van der Waals surface area contributed by atoms with Crippen molar-refractivity contribution in [3.8, 4) is 5.75 Å². The highest BCUT2D eigenvalue weighted by molar-refractivity contribution is 5.93. The molecule has 63 heavy (non-hydrogen) atoms. The Balaban J connectivity index is 1.17. The van der Waals surface area contributed by atoms with Gasteiger partial charge in [-0.3, -0.25) is 9.59 Å². The highest BCUT2D eigenvalue weighted by Crippen LogP contribution is 2.68. The molecular weight excluding hydrogens is 813 g/mol. The second kappa shape index (κ2) is 19.1. The molecule has 14 nitrogen and oxygen atoms in total. The van der Waals surface area contributed by atoms with E-state index in [1.165, 1.54) is 19.6 Å². The molecule has 4 aliphatic carbocycles. The molecule has 7 rings (SSSR count). The number of esters is 2. The number of hydrogen-bond acceptors (Lipinski definition) is 14. The predicted octanol–water partition coefficient (Wildman–Crippen LogP) is 5.53. The van der Waals surface area contributed by atoms with Gasteiger partial charge >= 0.3 is 11.9 Å². The number of aryl methyl sites for hydroxylation is 2. The quantitative estimate of drug-likeness (QED) is 0.143. The van der Waals surface area contributed by atoms with Gasteiger partial charge in [0.1, 0.15) is 35.9 Å². The van der Waals surface area contributed by atoms with Gasteiger partial charge in [-0.25, -0.2) is 4.79 Å². The van der Waals surface area contributed by atoms with Crippen molar-refractivity contribution in [2.45, 2.75) is 175 Å². The third kappa shape index (κ3) is 9.39. The average molecular weight is 885 g/mol. The minimum absolute atomic E-state index is 0.00746. The lowest BCUT2D eigenvalue weighted by Gasteiger charge is -2.58. The van der Waals surface area contributed by atoms with Crippen LogP contribution >= 0.6 is 0 Å². The highest BCUT2D eigenvalue weighted by Gasteiger charge is 2.64. The van der Waals surface area contributed by atoms with E-state index >= 15 is 0 Å². The lowest BCUT2D eigenvalue weighted by Crippen LogP contribution is -2.62. The van der Waals surface area contributed by atoms with Gasteiger partial charge in [-0.2, -0.15) is 0 Å². The number of ether oxygens (including phenoxy) is 7. The smallest absolute Gasteiger partial charge is 0.339 e. The molecule has 1 aromatic rings. The zero-order valence-electron chi connectivity index (χ0n) is 38.6. The van der Waals surface area contributed by atoms with Gasteiger partial charge in [-0.1, -0.05) is 46.3 Å². The summed E-state index contributed by atoms with van der Waals surface area (Å²) in [4.78, 5) is 40.7. The second-order valence-corrected chi connectivity index (χ2v) is 20.5. The summed E-state index contributed by atoms with van der Waals surface area (Å²) >= 11 is 0. The van der Waals surface area contributed by atoms with Gasteiger partial charge in [-0.15, -0.1) is 0 Å². The molecule has 17 atom stereocenters. The number of allylic oxidation sites excluding steroid dienone is 1. The van der Waals surface area contributed by atoms with E-state index in [4.69, 9.17) is 33.2 Å². The normalized spacial score (nSPS) is 40.5. The molecule has 1 aromatic carbocycles. The molecule has 0 amide bonds. The fourth-order valence-corrected chi connectivity index (χ4v) is 12.8. The van der Waals surface area contributed by atoms with Crippen LogP contribution in [0.4, 0.5) is 0 Å². The second-order valence-electron chi connectivity index (χ2n) is 20.5. The van der Waals surface area contributed by atoms with Crippen LogP contribution in [0.15, 0.2) is 23.8 Å². The van der Waals surface area contributed by atoms with Crippen molar-refractivity contribution in [2.24, 2.45) is 46.3 Å². The molecule has 0 radical (unpaired) electrons. The Bertz CT molecular complexity index is 1840. The maximum atomic E-state index is 14.1. The van der Waals surface area contributed by atoms with Gasteiger partial charge in [0.25, 0.3) is 0 Å². The number of carbonyl (C=O) groups is 3. The number of Topliss-reactive ketones (excluding diaryl/α,β-unsaturated/α-hetero) is 1. The summed E-state index contributed by atoms with van der Waals surface area (Å²) in [6.07, 6.45) is -2.60. The van der Waals surface area contributed by atoms with Crippen LogP contribution in [0.25, 0.3) is 0 Å². The molecule has 2 saturated heterocycles. The lowest BCUT2D eigenvalue weighted by atomic mass is 9.47. The topological polar surface area (TPSA) is 197 Å². The first-order chi connectivity index (χ1) is 29.8. The third-order valence-corrected chi connectivity index (χ3v) is 16.1. The summed E-state index contributed by atoms with van der Waals surface area (Å²) in [6.45, 7) is 15.0. The van der Waals surface area contributed by atoms with Gasteiger partial charge in [0.05, 0.1) is 38.1 Å². The number of ketones is 1. The van der Waals surface area contributed by atoms with E-state index < -0.39 is 67.2 Å². The largest absolute Gasteiger partial charge is 0.497 e. The molecule has 2 heterocycles. The van der Waals surface area contributed by atoms with E-state index in [2.05, 4.69) is 33.8 Å². The van der Waals surface area contributed by atoms with Crippen LogP contribution in [0.1, 0.15) is 121 Å². The fourth-order valence-electron chi connectivity index (χ4n) is 12.8. The van der Waals surface area contributed by atoms with Crippen LogP contribution in [0.3, 0.4) is 0 Å². The molecule has 4 N–H and O–H groups in total. The first-order valence-electron chi connectivity index (χ1n) is 23.3. The molecule has 0 aromatic heterocycles. The fraction of sp³-hybridized carbons (Fsp3) is 0.776. The zero-order valence-corrected chi connectivity index (χ0v) is 38.6. The number of methoxy groups -OCH3 is 1. The van der Waals surface area contributed by atoms with Crippen molar-refractivity contribution in [1.82, 2.24) is 0 Å². The molecule has 0 spiro atoms. The van der Waals surface area contributed by atoms with Gasteiger partial charge in [-0.05, 0) is 123 Å². The Hall–Kier alpha value is -2.95. The lowest BCUT2D eigenvalue weighted by molar-refractivity contribution is -0.340. The van der Waals surface area contributed by atoms with Crippen molar-refractivity contribution in [3.63, 3.8) is 0 Å². The molecular formula is C49H72O14. The number of fused-ring (bicyclic) bond motifs is 5. The average Bonchev–Trinajstić information content (AvgIpc) is 3.52. The van der Waals surface area contributed by atoms with E-state index in [0.717, 1.165) is 44.9 Å². The molecule has 3 saturated carbocycles. The zero-order chi connectivity index (χ0) is 45.7. The molecule has 5 fully saturated rings. The van der Waals surface area contributed by atoms with Crippen LogP contribution < -0.4 is 4.74 Å². The Labute approximate surface area is 372 Å². The van der Waals surface area contributed by atoms with Gasteiger partial charge in [0.2, 0.25) is 0 Å². The summed E-state index contributed by atoms with van der Waals surface area (Å²) in [5.41, 5.74) is 2.50. The Morgan fingerprint density at radius 1 is 0.857 bits per heavy atom. The van der Waals surface area contributed by atoms with Crippen molar-refractivity contribution in [1.29, 1.82) is 0 Å². The number of aliphatic hydroxyl groups excluding tert-OH is 4. The Morgan fingerprint density at radius 3 is 2.17 bits per heavy atom. The SMILES string of the molecule is COc1cc(C)c(C(=O)O[C@H]2[C@H](O[C@H]3[C@@H](O)COC(O[C@H]4C[C@H]5[C@@H]6CC=C7C[C@@H](O)CC[C@]7(C)[C@H]6CC[C@]5(C)[C@H]4[C@H](C)C(=O)CCC(C)C)[C@@H]3OC(C)=O)OC[C@@H](O)[C@@H]2O)c(C)c1. The van der Waals surface area contributed by atoms with Crippen LogP contribution in [0.5, 0.6) is 5.75 Å².